The molecule has 0 aliphatic carbocycles. The van der Waals surface area contributed by atoms with Crippen LogP contribution in [-0.4, -0.2) is 17.6 Å². The normalized spacial score (nSPS) is 17.0. The van der Waals surface area contributed by atoms with E-state index in [4.69, 9.17) is 26.5 Å². The summed E-state index contributed by atoms with van der Waals surface area (Å²) in [6.07, 6.45) is 4.19. The lowest BCUT2D eigenvalue weighted by Crippen LogP contribution is -2.24. The van der Waals surface area contributed by atoms with Crippen LogP contribution < -0.4 is 10.5 Å². The van der Waals surface area contributed by atoms with E-state index in [9.17, 15) is 0 Å². The van der Waals surface area contributed by atoms with E-state index in [1.54, 1.807) is 12.5 Å². The van der Waals surface area contributed by atoms with Crippen LogP contribution in [-0.2, 0) is 6.42 Å². The maximum atomic E-state index is 6.36. The fourth-order valence-electron chi connectivity index (χ4n) is 2.78. The molecule has 0 amide bonds. The zero-order valence-corrected chi connectivity index (χ0v) is 11.9. The topological polar surface area (TPSA) is 61.3 Å². The summed E-state index contributed by atoms with van der Waals surface area (Å²) in [4.78, 5) is 4.47. The first-order chi connectivity index (χ1) is 10.3. The zero-order valence-electron chi connectivity index (χ0n) is 11.2. The molecule has 1 aliphatic heterocycles. The minimum atomic E-state index is 0.00502. The Hall–Kier alpha value is -2.04. The Morgan fingerprint density at radius 1 is 1.33 bits per heavy atom. The van der Waals surface area contributed by atoms with Crippen molar-refractivity contribution >= 4 is 22.6 Å². The third-order valence-electron chi connectivity index (χ3n) is 3.77. The SMILES string of the molecule is NC[C@@H]1Cc2cc(-c3nccc4occc34)cc(Cl)c2O1. The smallest absolute Gasteiger partial charge is 0.141 e. The molecule has 1 aromatic carbocycles. The van der Waals surface area contributed by atoms with Crippen molar-refractivity contribution in [1.82, 2.24) is 4.98 Å². The molecule has 2 N–H and O–H groups in total. The maximum absolute atomic E-state index is 6.36. The highest BCUT2D eigenvalue weighted by Crippen LogP contribution is 2.40. The van der Waals surface area contributed by atoms with Crippen LogP contribution in [0.2, 0.25) is 5.02 Å². The molecule has 0 radical (unpaired) electrons. The number of ether oxygens (including phenoxy) is 1. The van der Waals surface area contributed by atoms with Gasteiger partial charge in [-0.2, -0.15) is 0 Å². The van der Waals surface area contributed by atoms with E-state index in [0.29, 0.717) is 11.6 Å². The lowest BCUT2D eigenvalue weighted by Gasteiger charge is -2.08. The van der Waals surface area contributed by atoms with Crippen LogP contribution in [0.25, 0.3) is 22.2 Å². The largest absolute Gasteiger partial charge is 0.487 e. The average molecular weight is 301 g/mol. The van der Waals surface area contributed by atoms with Crippen LogP contribution in [0.3, 0.4) is 0 Å². The number of hydrogen-bond donors (Lipinski definition) is 1. The molecule has 0 bridgehead atoms. The Labute approximate surface area is 126 Å². The quantitative estimate of drug-likeness (QED) is 0.788. The van der Waals surface area contributed by atoms with Crippen LogP contribution >= 0.6 is 11.6 Å². The molecule has 0 fully saturated rings. The number of hydrogen-bond acceptors (Lipinski definition) is 4. The molecule has 0 saturated heterocycles. The number of aromatic nitrogens is 1. The van der Waals surface area contributed by atoms with Gasteiger partial charge in [-0.1, -0.05) is 11.6 Å². The van der Waals surface area contributed by atoms with Gasteiger partial charge in [0.25, 0.3) is 0 Å². The zero-order chi connectivity index (χ0) is 14.4. The van der Waals surface area contributed by atoms with Crippen LogP contribution in [0, 0.1) is 0 Å². The van der Waals surface area contributed by atoms with Crippen molar-refractivity contribution in [1.29, 1.82) is 0 Å². The molecule has 3 aromatic rings. The van der Waals surface area contributed by atoms with Crippen molar-refractivity contribution in [2.24, 2.45) is 5.73 Å². The van der Waals surface area contributed by atoms with Crippen molar-refractivity contribution < 1.29 is 9.15 Å². The van der Waals surface area contributed by atoms with Gasteiger partial charge >= 0.3 is 0 Å². The van der Waals surface area contributed by atoms with E-state index in [-0.39, 0.29) is 6.10 Å². The Morgan fingerprint density at radius 3 is 3.10 bits per heavy atom. The summed E-state index contributed by atoms with van der Waals surface area (Å²) < 4.78 is 11.2. The monoisotopic (exact) mass is 300 g/mol. The summed E-state index contributed by atoms with van der Waals surface area (Å²) in [7, 11) is 0. The molecule has 1 atom stereocenters. The van der Waals surface area contributed by atoms with Crippen LogP contribution in [0.15, 0.2) is 41.1 Å². The fraction of sp³-hybridized carbons (Fsp3) is 0.188. The minimum absolute atomic E-state index is 0.00502. The van der Waals surface area contributed by atoms with Crippen LogP contribution in [0.1, 0.15) is 5.56 Å². The van der Waals surface area contributed by atoms with E-state index in [0.717, 1.165) is 40.0 Å². The predicted molar refractivity (Wildman–Crippen MR) is 81.6 cm³/mol. The molecule has 1 aliphatic rings. The molecule has 5 heteroatoms. The van der Waals surface area contributed by atoms with Crippen molar-refractivity contribution in [3.8, 4) is 17.0 Å². The summed E-state index contributed by atoms with van der Waals surface area (Å²) in [5.41, 5.74) is 9.40. The second-order valence-electron chi connectivity index (χ2n) is 5.12. The minimum Gasteiger partial charge on any atom is -0.487 e. The van der Waals surface area contributed by atoms with Crippen LogP contribution in [0.4, 0.5) is 0 Å². The second kappa shape index (κ2) is 4.76. The molecule has 4 rings (SSSR count). The van der Waals surface area contributed by atoms with Gasteiger partial charge in [0.2, 0.25) is 0 Å². The first-order valence-electron chi connectivity index (χ1n) is 6.78. The highest BCUT2D eigenvalue weighted by atomic mass is 35.5. The van der Waals surface area contributed by atoms with E-state index < -0.39 is 0 Å². The summed E-state index contributed by atoms with van der Waals surface area (Å²) in [5, 5.41) is 1.57. The average Bonchev–Trinajstić information content (AvgIpc) is 3.12. The number of nitrogens with two attached hydrogens (primary N) is 1. The lowest BCUT2D eigenvalue weighted by molar-refractivity contribution is 0.241. The second-order valence-corrected chi connectivity index (χ2v) is 5.53. The molecule has 106 valence electrons. The number of nitrogens with zero attached hydrogens (tertiary/aromatic N) is 1. The number of halogens is 1. The molecular weight excluding hydrogens is 288 g/mol. The number of rotatable bonds is 2. The van der Waals surface area contributed by atoms with E-state index in [1.807, 2.05) is 18.2 Å². The first-order valence-corrected chi connectivity index (χ1v) is 7.16. The van der Waals surface area contributed by atoms with Gasteiger partial charge in [0.05, 0.1) is 17.0 Å². The summed E-state index contributed by atoms with van der Waals surface area (Å²) in [5.74, 6) is 0.746. The third kappa shape index (κ3) is 1.99. The number of benzene rings is 1. The molecule has 0 saturated carbocycles. The van der Waals surface area contributed by atoms with Crippen molar-refractivity contribution in [2.45, 2.75) is 12.5 Å². The lowest BCUT2D eigenvalue weighted by atomic mass is 10.0. The van der Waals surface area contributed by atoms with Gasteiger partial charge < -0.3 is 14.9 Å². The fourth-order valence-corrected chi connectivity index (χ4v) is 3.06. The van der Waals surface area contributed by atoms with E-state index >= 15 is 0 Å². The third-order valence-corrected chi connectivity index (χ3v) is 4.05. The first kappa shape index (κ1) is 12.7. The van der Waals surface area contributed by atoms with Crippen LogP contribution in [0.5, 0.6) is 5.75 Å². The van der Waals surface area contributed by atoms with Gasteiger partial charge in [-0.05, 0) is 24.3 Å². The Balaban J connectivity index is 1.88. The summed E-state index contributed by atoms with van der Waals surface area (Å²) in [6, 6.07) is 7.72. The number of pyridine rings is 1. The summed E-state index contributed by atoms with van der Waals surface area (Å²) >= 11 is 6.36. The molecule has 0 unspecified atom stereocenters. The Kier molecular flexibility index (Phi) is 2.87. The highest BCUT2D eigenvalue weighted by molar-refractivity contribution is 6.32. The molecule has 21 heavy (non-hydrogen) atoms. The van der Waals surface area contributed by atoms with Gasteiger partial charge in [0.1, 0.15) is 17.4 Å². The highest BCUT2D eigenvalue weighted by Gasteiger charge is 2.25. The van der Waals surface area contributed by atoms with Gasteiger partial charge in [-0.3, -0.25) is 4.98 Å². The molecule has 0 spiro atoms. The van der Waals surface area contributed by atoms with Gasteiger partial charge in [0.15, 0.2) is 0 Å². The Bertz CT molecular complexity index is 828. The molecule has 4 nitrogen and oxygen atoms in total. The molecule has 2 aromatic heterocycles. The van der Waals surface area contributed by atoms with Gasteiger partial charge in [-0.25, -0.2) is 0 Å². The van der Waals surface area contributed by atoms with Gasteiger partial charge in [0, 0.05) is 35.7 Å². The van der Waals surface area contributed by atoms with Crippen molar-refractivity contribution in [2.75, 3.05) is 6.54 Å². The van der Waals surface area contributed by atoms with Crippen molar-refractivity contribution in [3.63, 3.8) is 0 Å². The number of fused-ring (bicyclic) bond motifs is 2. The standard InChI is InChI=1S/C16H13ClN2O2/c17-13-7-9(5-10-6-11(8-18)21-16(10)13)15-12-2-4-20-14(12)1-3-19-15/h1-5,7,11H,6,8,18H2/t11-/m0/s1. The predicted octanol–water partition coefficient (Wildman–Crippen LogP) is 3.41. The van der Waals surface area contributed by atoms with Gasteiger partial charge in [-0.15, -0.1) is 0 Å². The maximum Gasteiger partial charge on any atom is 0.141 e. The molecular formula is C16H13ClN2O2. The van der Waals surface area contributed by atoms with Crippen molar-refractivity contribution in [3.05, 3.63) is 47.3 Å². The van der Waals surface area contributed by atoms with E-state index in [1.165, 1.54) is 0 Å². The van der Waals surface area contributed by atoms with E-state index in [2.05, 4.69) is 11.1 Å². The summed E-state index contributed by atoms with van der Waals surface area (Å²) in [6.45, 7) is 0.482. The number of furan rings is 1. The Morgan fingerprint density at radius 2 is 2.24 bits per heavy atom. The molecule has 3 heterocycles.